The van der Waals surface area contributed by atoms with Crippen molar-refractivity contribution < 1.29 is 9.59 Å². The highest BCUT2D eigenvalue weighted by molar-refractivity contribution is 5.84. The summed E-state index contributed by atoms with van der Waals surface area (Å²) in [4.78, 5) is 30.5. The van der Waals surface area contributed by atoms with Gasteiger partial charge < -0.3 is 9.80 Å². The molecule has 1 aromatic rings. The van der Waals surface area contributed by atoms with Gasteiger partial charge in [0.15, 0.2) is 0 Å². The number of nitrogens with zero attached hydrogens (tertiary/aromatic N) is 2. The fourth-order valence-corrected chi connectivity index (χ4v) is 6.51. The summed E-state index contributed by atoms with van der Waals surface area (Å²) in [5.74, 6) is 1.68. The summed E-state index contributed by atoms with van der Waals surface area (Å²) in [6.07, 6.45) is 6.57. The van der Waals surface area contributed by atoms with Crippen molar-refractivity contribution in [1.29, 1.82) is 0 Å². The molecule has 186 valence electrons. The van der Waals surface area contributed by atoms with Crippen molar-refractivity contribution in [2.75, 3.05) is 20.1 Å². The molecule has 0 N–H and O–H groups in total. The van der Waals surface area contributed by atoms with E-state index in [1.165, 1.54) is 22.3 Å². The normalized spacial score (nSPS) is 24.8. The lowest BCUT2D eigenvalue weighted by molar-refractivity contribution is -0.140. The lowest BCUT2D eigenvalue weighted by Gasteiger charge is -2.42. The zero-order chi connectivity index (χ0) is 24.6. The van der Waals surface area contributed by atoms with Gasteiger partial charge in [-0.25, -0.2) is 0 Å². The fraction of sp³-hybridized carbons (Fsp3) is 0.667. The molecule has 1 aromatic carbocycles. The van der Waals surface area contributed by atoms with Gasteiger partial charge in [-0.3, -0.25) is 9.59 Å². The van der Waals surface area contributed by atoms with E-state index in [2.05, 4.69) is 63.8 Å². The lowest BCUT2D eigenvalue weighted by Crippen LogP contribution is -2.50. The van der Waals surface area contributed by atoms with Crippen LogP contribution in [0.5, 0.6) is 0 Å². The average Bonchev–Trinajstić information content (AvgIpc) is 3.15. The minimum absolute atomic E-state index is 0.0206. The zero-order valence-corrected chi connectivity index (χ0v) is 22.2. The fourth-order valence-electron chi connectivity index (χ4n) is 6.51. The largest absolute Gasteiger partial charge is 0.345 e. The van der Waals surface area contributed by atoms with E-state index in [1.807, 2.05) is 11.9 Å². The number of rotatable bonds is 5. The Hall–Kier alpha value is -2.10. The van der Waals surface area contributed by atoms with Gasteiger partial charge in [0.05, 0.1) is 6.04 Å². The van der Waals surface area contributed by atoms with Crippen LogP contribution >= 0.6 is 0 Å². The topological polar surface area (TPSA) is 40.6 Å². The van der Waals surface area contributed by atoms with E-state index in [9.17, 15) is 9.59 Å². The molecule has 0 spiro atoms. The second-order valence-corrected chi connectivity index (χ2v) is 12.5. The Labute approximate surface area is 206 Å². The van der Waals surface area contributed by atoms with E-state index in [0.717, 1.165) is 51.6 Å². The van der Waals surface area contributed by atoms with E-state index in [1.54, 1.807) is 0 Å². The SMILES string of the molecule is CC(C)C1C2=C(CCN1C(=O)C1CCC(CN(C)C(=O)CC(C)(C)C)CC1)c1ccccc1C2. The molecule has 34 heavy (non-hydrogen) atoms. The van der Waals surface area contributed by atoms with Gasteiger partial charge >= 0.3 is 0 Å². The lowest BCUT2D eigenvalue weighted by atomic mass is 9.79. The van der Waals surface area contributed by atoms with Crippen LogP contribution in [0.2, 0.25) is 0 Å². The number of carbonyl (C=O) groups excluding carboxylic acids is 2. The summed E-state index contributed by atoms with van der Waals surface area (Å²) in [6, 6.07) is 9.02. The van der Waals surface area contributed by atoms with Gasteiger partial charge in [-0.15, -0.1) is 0 Å². The van der Waals surface area contributed by atoms with Crippen molar-refractivity contribution in [2.24, 2.45) is 23.2 Å². The number of hydrogen-bond acceptors (Lipinski definition) is 2. The van der Waals surface area contributed by atoms with Gasteiger partial charge in [-0.2, -0.15) is 0 Å². The summed E-state index contributed by atoms with van der Waals surface area (Å²) >= 11 is 0. The Kier molecular flexibility index (Phi) is 7.26. The minimum atomic E-state index is 0.0206. The first-order chi connectivity index (χ1) is 16.0. The van der Waals surface area contributed by atoms with Crippen molar-refractivity contribution in [3.8, 4) is 0 Å². The molecule has 4 nitrogen and oxygen atoms in total. The minimum Gasteiger partial charge on any atom is -0.345 e. The predicted molar refractivity (Wildman–Crippen MR) is 139 cm³/mol. The highest BCUT2D eigenvalue weighted by Crippen LogP contribution is 2.44. The summed E-state index contributed by atoms with van der Waals surface area (Å²) in [5.41, 5.74) is 5.86. The van der Waals surface area contributed by atoms with Gasteiger partial charge in [0.1, 0.15) is 0 Å². The van der Waals surface area contributed by atoms with Crippen LogP contribution in [0.4, 0.5) is 0 Å². The molecule has 1 aliphatic heterocycles. The van der Waals surface area contributed by atoms with Gasteiger partial charge in [-0.1, -0.05) is 58.9 Å². The standard InChI is InChI=1S/C30H44N2O2/c1-20(2)28-26-17-23-9-7-8-10-24(23)25(26)15-16-32(28)29(34)22-13-11-21(12-14-22)19-31(6)27(33)18-30(3,4)5/h7-10,20-22,28H,11-19H2,1-6H3. The number of fused-ring (bicyclic) bond motifs is 2. The maximum Gasteiger partial charge on any atom is 0.226 e. The van der Waals surface area contributed by atoms with E-state index < -0.39 is 0 Å². The van der Waals surface area contributed by atoms with Crippen molar-refractivity contribution in [3.05, 3.63) is 41.0 Å². The third-order valence-electron chi connectivity index (χ3n) is 8.16. The molecule has 2 amide bonds. The van der Waals surface area contributed by atoms with Crippen molar-refractivity contribution in [2.45, 2.75) is 85.6 Å². The summed E-state index contributed by atoms with van der Waals surface area (Å²) in [5, 5.41) is 0. The molecule has 4 heteroatoms. The number of benzene rings is 1. The quantitative estimate of drug-likeness (QED) is 0.540. The highest BCUT2D eigenvalue weighted by atomic mass is 16.2. The van der Waals surface area contributed by atoms with E-state index >= 15 is 0 Å². The van der Waals surface area contributed by atoms with E-state index in [4.69, 9.17) is 0 Å². The molecule has 1 fully saturated rings. The third kappa shape index (κ3) is 5.26. The molecule has 1 unspecified atom stereocenters. The van der Waals surface area contributed by atoms with Crippen LogP contribution in [-0.2, 0) is 16.0 Å². The van der Waals surface area contributed by atoms with Crippen molar-refractivity contribution in [3.63, 3.8) is 0 Å². The molecular formula is C30H44N2O2. The monoisotopic (exact) mass is 464 g/mol. The Morgan fingerprint density at radius 2 is 1.76 bits per heavy atom. The van der Waals surface area contributed by atoms with Crippen LogP contribution < -0.4 is 0 Å². The smallest absolute Gasteiger partial charge is 0.226 e. The van der Waals surface area contributed by atoms with Crippen molar-refractivity contribution in [1.82, 2.24) is 9.80 Å². The van der Waals surface area contributed by atoms with Crippen LogP contribution in [0.15, 0.2) is 29.8 Å². The molecule has 0 saturated heterocycles. The summed E-state index contributed by atoms with van der Waals surface area (Å²) in [7, 11) is 1.94. The molecule has 1 atom stereocenters. The van der Waals surface area contributed by atoms with Crippen molar-refractivity contribution >= 4 is 17.4 Å². The average molecular weight is 465 g/mol. The summed E-state index contributed by atoms with van der Waals surface area (Å²) in [6.45, 7) is 12.6. The van der Waals surface area contributed by atoms with Gasteiger partial charge in [0, 0.05) is 32.5 Å². The first kappa shape index (κ1) is 25.0. The molecule has 4 rings (SSSR count). The molecular weight excluding hydrogens is 420 g/mol. The Morgan fingerprint density at radius 1 is 1.09 bits per heavy atom. The predicted octanol–water partition coefficient (Wildman–Crippen LogP) is 5.95. The van der Waals surface area contributed by atoms with Crippen LogP contribution in [0.3, 0.4) is 0 Å². The first-order valence-electron chi connectivity index (χ1n) is 13.4. The Bertz CT molecular complexity index is 947. The van der Waals surface area contributed by atoms with Crippen LogP contribution in [-0.4, -0.2) is 47.8 Å². The van der Waals surface area contributed by atoms with Crippen LogP contribution in [0.1, 0.15) is 84.3 Å². The highest BCUT2D eigenvalue weighted by Gasteiger charge is 2.40. The number of amides is 2. The molecule has 2 aliphatic carbocycles. The Morgan fingerprint density at radius 3 is 2.41 bits per heavy atom. The Balaban J connectivity index is 1.37. The van der Waals surface area contributed by atoms with Gasteiger partial charge in [0.25, 0.3) is 0 Å². The maximum atomic E-state index is 13.8. The van der Waals surface area contributed by atoms with E-state index in [-0.39, 0.29) is 23.3 Å². The molecule has 1 saturated carbocycles. The second kappa shape index (κ2) is 9.87. The maximum absolute atomic E-state index is 13.8. The van der Waals surface area contributed by atoms with Crippen LogP contribution in [0.25, 0.3) is 5.57 Å². The number of carbonyl (C=O) groups is 2. The van der Waals surface area contributed by atoms with Gasteiger partial charge in [-0.05, 0) is 78.0 Å². The summed E-state index contributed by atoms with van der Waals surface area (Å²) < 4.78 is 0. The van der Waals surface area contributed by atoms with E-state index in [0.29, 0.717) is 24.2 Å². The van der Waals surface area contributed by atoms with Crippen LogP contribution in [0, 0.1) is 23.2 Å². The zero-order valence-electron chi connectivity index (χ0n) is 22.2. The molecule has 0 radical (unpaired) electrons. The molecule has 1 heterocycles. The molecule has 0 bridgehead atoms. The second-order valence-electron chi connectivity index (χ2n) is 12.5. The number of hydrogen-bond donors (Lipinski definition) is 0. The first-order valence-corrected chi connectivity index (χ1v) is 13.4. The molecule has 0 aromatic heterocycles. The third-order valence-corrected chi connectivity index (χ3v) is 8.16. The van der Waals surface area contributed by atoms with Gasteiger partial charge in [0.2, 0.25) is 11.8 Å². The molecule has 3 aliphatic rings.